The van der Waals surface area contributed by atoms with E-state index in [0.29, 0.717) is 43.3 Å². The SMILES string of the molecule is CC1CN(C(=O)OC(C)(C)C)CCN1C1=NCCSc2c(Br)c(Cl)cc1c2NC=O. The molecule has 2 amide bonds. The number of carbonyl (C=O) groups excluding carboxylic acids is 2. The number of rotatable bonds is 2. The summed E-state index contributed by atoms with van der Waals surface area (Å²) in [7, 11) is 0. The van der Waals surface area contributed by atoms with Crippen molar-refractivity contribution >= 4 is 63.3 Å². The minimum atomic E-state index is -0.529. The number of aliphatic imine (C=N–C) groups is 1. The van der Waals surface area contributed by atoms with Crippen LogP contribution in [0.1, 0.15) is 33.3 Å². The Hall–Kier alpha value is -1.45. The lowest BCUT2D eigenvalue weighted by molar-refractivity contribution is -0.105. The van der Waals surface area contributed by atoms with Gasteiger partial charge in [0.15, 0.2) is 0 Å². The van der Waals surface area contributed by atoms with E-state index in [1.807, 2.05) is 26.8 Å². The van der Waals surface area contributed by atoms with Gasteiger partial charge in [-0.25, -0.2) is 4.79 Å². The minimum absolute atomic E-state index is 0.0204. The second-order valence-electron chi connectivity index (χ2n) is 8.21. The second kappa shape index (κ2) is 9.36. The van der Waals surface area contributed by atoms with Gasteiger partial charge < -0.3 is 19.9 Å². The first-order chi connectivity index (χ1) is 14.1. The standard InChI is InChI=1S/C20H26BrClN4O3S/c1-12-10-25(19(28)29-20(2,3)4)6-7-26(12)18-13-9-14(22)15(21)17(16(13)24-11-27)30-8-5-23-18/h9,11-12H,5-8,10H2,1-4H3,(H,24,27). The zero-order valence-electron chi connectivity index (χ0n) is 17.5. The van der Waals surface area contributed by atoms with E-state index in [9.17, 15) is 9.59 Å². The van der Waals surface area contributed by atoms with Crippen molar-refractivity contribution < 1.29 is 14.3 Å². The summed E-state index contributed by atoms with van der Waals surface area (Å²) in [5, 5.41) is 3.41. The van der Waals surface area contributed by atoms with Crippen LogP contribution in [0.15, 0.2) is 20.4 Å². The number of nitrogens with zero attached hydrogens (tertiary/aromatic N) is 3. The monoisotopic (exact) mass is 516 g/mol. The zero-order valence-corrected chi connectivity index (χ0v) is 20.7. The van der Waals surface area contributed by atoms with Crippen molar-refractivity contribution in [2.24, 2.45) is 4.99 Å². The fourth-order valence-corrected chi connectivity index (χ4v) is 5.36. The van der Waals surface area contributed by atoms with Crippen molar-refractivity contribution in [1.82, 2.24) is 9.80 Å². The molecule has 2 heterocycles. The van der Waals surface area contributed by atoms with Crippen LogP contribution < -0.4 is 5.32 Å². The summed E-state index contributed by atoms with van der Waals surface area (Å²) in [5.41, 5.74) is 0.959. The third-order valence-corrected chi connectivity index (χ3v) is 7.47. The molecule has 1 aromatic rings. The predicted octanol–water partition coefficient (Wildman–Crippen LogP) is 4.46. The average Bonchev–Trinajstić information content (AvgIpc) is 2.65. The molecular formula is C20H26BrClN4O3S. The molecular weight excluding hydrogens is 492 g/mol. The number of carbonyl (C=O) groups is 2. The van der Waals surface area contributed by atoms with Crippen molar-refractivity contribution in [3.8, 4) is 0 Å². The summed E-state index contributed by atoms with van der Waals surface area (Å²) in [6, 6.07) is 1.85. The first-order valence-electron chi connectivity index (χ1n) is 9.76. The predicted molar refractivity (Wildman–Crippen MR) is 125 cm³/mol. The molecule has 1 saturated heterocycles. The van der Waals surface area contributed by atoms with E-state index in [0.717, 1.165) is 26.5 Å². The first kappa shape index (κ1) is 23.2. The number of hydrogen-bond acceptors (Lipinski definition) is 6. The average molecular weight is 518 g/mol. The summed E-state index contributed by atoms with van der Waals surface area (Å²) >= 11 is 11.6. The number of nitrogens with one attached hydrogen (secondary N) is 1. The number of benzene rings is 1. The maximum absolute atomic E-state index is 12.5. The molecule has 2 aliphatic rings. The van der Waals surface area contributed by atoms with Crippen LogP contribution in [0.4, 0.5) is 10.5 Å². The molecule has 1 N–H and O–H groups in total. The van der Waals surface area contributed by atoms with Crippen molar-refractivity contribution in [2.45, 2.75) is 44.2 Å². The molecule has 3 rings (SSSR count). The molecule has 0 radical (unpaired) electrons. The highest BCUT2D eigenvalue weighted by Gasteiger charge is 2.33. The minimum Gasteiger partial charge on any atom is -0.444 e. The molecule has 0 saturated carbocycles. The van der Waals surface area contributed by atoms with Gasteiger partial charge in [-0.15, -0.1) is 11.8 Å². The Labute approximate surface area is 194 Å². The van der Waals surface area contributed by atoms with E-state index in [1.54, 1.807) is 16.7 Å². The van der Waals surface area contributed by atoms with Crippen molar-refractivity contribution in [3.05, 3.63) is 21.1 Å². The van der Waals surface area contributed by atoms with Crippen molar-refractivity contribution in [3.63, 3.8) is 0 Å². The molecule has 1 fully saturated rings. The summed E-state index contributed by atoms with van der Waals surface area (Å²) in [6.45, 7) is 9.95. The Bertz CT molecular complexity index is 875. The van der Waals surface area contributed by atoms with Gasteiger partial charge in [0.1, 0.15) is 11.4 Å². The van der Waals surface area contributed by atoms with E-state index in [2.05, 4.69) is 33.1 Å². The van der Waals surface area contributed by atoms with Gasteiger partial charge in [0.05, 0.1) is 21.7 Å². The number of piperazine rings is 1. The van der Waals surface area contributed by atoms with E-state index in [1.165, 1.54) is 0 Å². The highest BCUT2D eigenvalue weighted by Crippen LogP contribution is 2.43. The maximum atomic E-state index is 12.5. The van der Waals surface area contributed by atoms with E-state index < -0.39 is 5.60 Å². The zero-order chi connectivity index (χ0) is 22.1. The smallest absolute Gasteiger partial charge is 0.410 e. The van der Waals surface area contributed by atoms with E-state index >= 15 is 0 Å². The molecule has 0 aliphatic carbocycles. The fourth-order valence-electron chi connectivity index (χ4n) is 3.51. The third kappa shape index (κ3) is 5.06. The summed E-state index contributed by atoms with van der Waals surface area (Å²) < 4.78 is 6.29. The second-order valence-corrected chi connectivity index (χ2v) is 10.5. The van der Waals surface area contributed by atoms with Gasteiger partial charge in [0.25, 0.3) is 0 Å². The molecule has 2 bridgehead atoms. The van der Waals surface area contributed by atoms with Gasteiger partial charge in [0, 0.05) is 41.9 Å². The Balaban J connectivity index is 1.90. The summed E-state index contributed by atoms with van der Waals surface area (Å²) in [4.78, 5) is 33.4. The molecule has 2 aliphatic heterocycles. The quantitative estimate of drug-likeness (QED) is 0.586. The number of ether oxygens (including phenoxy) is 1. The lowest BCUT2D eigenvalue weighted by atomic mass is 10.1. The van der Waals surface area contributed by atoms with Crippen molar-refractivity contribution in [2.75, 3.05) is 37.2 Å². The van der Waals surface area contributed by atoms with E-state index in [4.69, 9.17) is 21.3 Å². The van der Waals surface area contributed by atoms with Gasteiger partial charge in [-0.2, -0.15) is 0 Å². The highest BCUT2D eigenvalue weighted by molar-refractivity contribution is 9.10. The van der Waals surface area contributed by atoms with Crippen LogP contribution in [0.25, 0.3) is 0 Å². The van der Waals surface area contributed by atoms with Crippen LogP contribution in [-0.4, -0.2) is 71.7 Å². The number of thioether (sulfide) groups is 1. The molecule has 164 valence electrons. The molecule has 7 nitrogen and oxygen atoms in total. The Morgan fingerprint density at radius 3 is 2.80 bits per heavy atom. The van der Waals surface area contributed by atoms with Gasteiger partial charge in [-0.3, -0.25) is 9.79 Å². The van der Waals surface area contributed by atoms with Gasteiger partial charge >= 0.3 is 6.09 Å². The molecule has 0 aromatic heterocycles. The lowest BCUT2D eigenvalue weighted by Crippen LogP contribution is -2.56. The maximum Gasteiger partial charge on any atom is 0.410 e. The normalized spacial score (nSPS) is 19.5. The molecule has 1 aromatic carbocycles. The molecule has 1 atom stereocenters. The molecule has 1 unspecified atom stereocenters. The van der Waals surface area contributed by atoms with Gasteiger partial charge in [0.2, 0.25) is 6.41 Å². The molecule has 30 heavy (non-hydrogen) atoms. The number of anilines is 1. The van der Waals surface area contributed by atoms with Crippen LogP contribution in [-0.2, 0) is 9.53 Å². The van der Waals surface area contributed by atoms with E-state index in [-0.39, 0.29) is 12.1 Å². The van der Waals surface area contributed by atoms with Crippen LogP contribution in [0, 0.1) is 0 Å². The summed E-state index contributed by atoms with van der Waals surface area (Å²) in [5.74, 6) is 1.55. The van der Waals surface area contributed by atoms with Crippen molar-refractivity contribution in [1.29, 1.82) is 0 Å². The number of hydrogen-bond donors (Lipinski definition) is 1. The Morgan fingerprint density at radius 2 is 2.17 bits per heavy atom. The third-order valence-electron chi connectivity index (χ3n) is 4.77. The Kier molecular flexibility index (Phi) is 7.24. The number of amides is 2. The fraction of sp³-hybridized carbons (Fsp3) is 0.550. The van der Waals surface area contributed by atoms with Crippen LogP contribution in [0.3, 0.4) is 0 Å². The Morgan fingerprint density at radius 1 is 1.43 bits per heavy atom. The topological polar surface area (TPSA) is 74.2 Å². The van der Waals surface area contributed by atoms with Crippen LogP contribution >= 0.6 is 39.3 Å². The number of amidine groups is 1. The number of halogens is 2. The molecule has 0 spiro atoms. The first-order valence-corrected chi connectivity index (χ1v) is 11.9. The largest absolute Gasteiger partial charge is 0.444 e. The highest BCUT2D eigenvalue weighted by atomic mass is 79.9. The number of fused-ring (bicyclic) bond motifs is 2. The molecule has 10 heteroatoms. The summed E-state index contributed by atoms with van der Waals surface area (Å²) in [6.07, 6.45) is 0.370. The van der Waals surface area contributed by atoms with Crippen LogP contribution in [0.2, 0.25) is 5.02 Å². The van der Waals surface area contributed by atoms with Crippen LogP contribution in [0.5, 0.6) is 0 Å². The lowest BCUT2D eigenvalue weighted by Gasteiger charge is -2.42. The van der Waals surface area contributed by atoms with Gasteiger partial charge in [-0.05, 0) is 49.7 Å². The van der Waals surface area contributed by atoms with Gasteiger partial charge in [-0.1, -0.05) is 11.6 Å².